The zero-order valence-corrected chi connectivity index (χ0v) is 10.00. The summed E-state index contributed by atoms with van der Waals surface area (Å²) in [6.07, 6.45) is 6.13. The van der Waals surface area contributed by atoms with E-state index in [9.17, 15) is 0 Å². The van der Waals surface area contributed by atoms with E-state index < -0.39 is 0 Å². The van der Waals surface area contributed by atoms with Gasteiger partial charge < -0.3 is 4.90 Å². The van der Waals surface area contributed by atoms with Crippen molar-refractivity contribution in [3.05, 3.63) is 0 Å². The van der Waals surface area contributed by atoms with E-state index in [0.29, 0.717) is 6.04 Å². The zero-order chi connectivity index (χ0) is 11.1. The maximum absolute atomic E-state index is 5.53. The molecule has 0 aliphatic carbocycles. The van der Waals surface area contributed by atoms with Crippen LogP contribution in [0.2, 0.25) is 0 Å². The van der Waals surface area contributed by atoms with Crippen molar-refractivity contribution in [3.63, 3.8) is 0 Å². The minimum Gasteiger partial charge on any atom is -0.339 e. The molecule has 0 saturated carbocycles. The molecule has 0 aromatic rings. The third-order valence-electron chi connectivity index (χ3n) is 2.98. The maximum atomic E-state index is 5.53. The van der Waals surface area contributed by atoms with E-state index in [2.05, 4.69) is 29.2 Å². The molecule has 0 bridgehead atoms. The average molecular weight is 212 g/mol. The third-order valence-corrected chi connectivity index (χ3v) is 2.98. The van der Waals surface area contributed by atoms with Crippen molar-refractivity contribution in [1.29, 1.82) is 0 Å². The van der Waals surface area contributed by atoms with Gasteiger partial charge in [-0.15, -0.1) is 0 Å². The summed E-state index contributed by atoms with van der Waals surface area (Å²) in [5.74, 6) is 6.40. The van der Waals surface area contributed by atoms with E-state index in [4.69, 9.17) is 5.84 Å². The van der Waals surface area contributed by atoms with E-state index in [-0.39, 0.29) is 0 Å². The van der Waals surface area contributed by atoms with Crippen molar-refractivity contribution in [2.75, 3.05) is 13.1 Å². The van der Waals surface area contributed by atoms with Gasteiger partial charge in [-0.25, -0.2) is 5.84 Å². The molecule has 1 saturated heterocycles. The predicted octanol–water partition coefficient (Wildman–Crippen LogP) is 1.48. The molecule has 1 rings (SSSR count). The van der Waals surface area contributed by atoms with Gasteiger partial charge in [-0.2, -0.15) is 0 Å². The summed E-state index contributed by atoms with van der Waals surface area (Å²) < 4.78 is 0. The Morgan fingerprint density at radius 3 is 2.93 bits per heavy atom. The minimum atomic E-state index is 0.565. The van der Waals surface area contributed by atoms with Crippen molar-refractivity contribution >= 4 is 5.96 Å². The lowest BCUT2D eigenvalue weighted by atomic mass is 10.0. The van der Waals surface area contributed by atoms with Gasteiger partial charge in [-0.3, -0.25) is 10.4 Å². The predicted molar refractivity (Wildman–Crippen MR) is 64.6 cm³/mol. The number of hydrogen-bond acceptors (Lipinski definition) is 2. The molecular formula is C11H24N4. The van der Waals surface area contributed by atoms with Crippen molar-refractivity contribution in [1.82, 2.24) is 10.3 Å². The lowest BCUT2D eigenvalue weighted by Gasteiger charge is -2.35. The highest BCUT2D eigenvalue weighted by Gasteiger charge is 2.20. The SMILES string of the molecule is CCCCN=C(NN)N1CCCCC1C. The van der Waals surface area contributed by atoms with Crippen molar-refractivity contribution in [2.45, 2.75) is 52.0 Å². The van der Waals surface area contributed by atoms with Crippen LogP contribution in [0.4, 0.5) is 0 Å². The number of nitrogens with zero attached hydrogens (tertiary/aromatic N) is 2. The Kier molecular flexibility index (Phi) is 5.47. The Morgan fingerprint density at radius 2 is 2.33 bits per heavy atom. The van der Waals surface area contributed by atoms with Gasteiger partial charge in [0.1, 0.15) is 0 Å². The van der Waals surface area contributed by atoms with Crippen LogP contribution in [-0.2, 0) is 0 Å². The fourth-order valence-electron chi connectivity index (χ4n) is 1.98. The van der Waals surface area contributed by atoms with Crippen LogP contribution in [-0.4, -0.2) is 30.0 Å². The van der Waals surface area contributed by atoms with E-state index in [1.54, 1.807) is 0 Å². The lowest BCUT2D eigenvalue weighted by molar-refractivity contribution is 0.250. The van der Waals surface area contributed by atoms with E-state index in [0.717, 1.165) is 25.5 Å². The van der Waals surface area contributed by atoms with Crippen LogP contribution < -0.4 is 11.3 Å². The van der Waals surface area contributed by atoms with Crippen LogP contribution in [0.1, 0.15) is 46.0 Å². The second-order valence-corrected chi connectivity index (χ2v) is 4.24. The highest BCUT2D eigenvalue weighted by molar-refractivity contribution is 5.79. The minimum absolute atomic E-state index is 0.565. The number of likely N-dealkylation sites (tertiary alicyclic amines) is 1. The maximum Gasteiger partial charge on any atom is 0.208 e. The first kappa shape index (κ1) is 12.3. The monoisotopic (exact) mass is 212 g/mol. The van der Waals surface area contributed by atoms with Crippen LogP contribution in [0, 0.1) is 0 Å². The Labute approximate surface area is 92.9 Å². The van der Waals surface area contributed by atoms with Gasteiger partial charge in [0.15, 0.2) is 0 Å². The third kappa shape index (κ3) is 3.70. The molecule has 0 aromatic carbocycles. The summed E-state index contributed by atoms with van der Waals surface area (Å²) >= 11 is 0. The van der Waals surface area contributed by atoms with Crippen LogP contribution >= 0.6 is 0 Å². The topological polar surface area (TPSA) is 53.6 Å². The van der Waals surface area contributed by atoms with Crippen molar-refractivity contribution in [3.8, 4) is 0 Å². The molecule has 4 heteroatoms. The molecule has 1 aliphatic heterocycles. The number of rotatable bonds is 3. The molecule has 0 spiro atoms. The number of guanidine groups is 1. The zero-order valence-electron chi connectivity index (χ0n) is 10.00. The molecule has 88 valence electrons. The summed E-state index contributed by atoms with van der Waals surface area (Å²) in [6, 6.07) is 0.565. The smallest absolute Gasteiger partial charge is 0.208 e. The fraction of sp³-hybridized carbons (Fsp3) is 0.909. The molecule has 1 atom stereocenters. The molecule has 0 radical (unpaired) electrons. The summed E-state index contributed by atoms with van der Waals surface area (Å²) in [4.78, 5) is 6.80. The Balaban J connectivity index is 2.51. The van der Waals surface area contributed by atoms with Gasteiger partial charge >= 0.3 is 0 Å². The second-order valence-electron chi connectivity index (χ2n) is 4.24. The van der Waals surface area contributed by atoms with Crippen LogP contribution in [0.3, 0.4) is 0 Å². The number of nitrogens with two attached hydrogens (primary N) is 1. The largest absolute Gasteiger partial charge is 0.339 e. The Hall–Kier alpha value is -0.770. The fourth-order valence-corrected chi connectivity index (χ4v) is 1.98. The standard InChI is InChI=1S/C11H24N4/c1-3-4-8-13-11(14-12)15-9-6-5-7-10(15)2/h10H,3-9,12H2,1-2H3,(H,13,14). The summed E-state index contributed by atoms with van der Waals surface area (Å²) in [7, 11) is 0. The number of nitrogens with one attached hydrogen (secondary N) is 1. The Bertz CT molecular complexity index is 203. The van der Waals surface area contributed by atoms with Crippen LogP contribution in [0.5, 0.6) is 0 Å². The summed E-state index contributed by atoms with van der Waals surface area (Å²) in [6.45, 7) is 6.37. The second kappa shape index (κ2) is 6.67. The van der Waals surface area contributed by atoms with E-state index in [1.807, 2.05) is 0 Å². The molecule has 4 nitrogen and oxygen atoms in total. The van der Waals surface area contributed by atoms with Crippen molar-refractivity contribution in [2.24, 2.45) is 10.8 Å². The molecule has 0 aromatic heterocycles. The lowest BCUT2D eigenvalue weighted by Crippen LogP contribution is -2.50. The molecule has 1 fully saturated rings. The first-order valence-corrected chi connectivity index (χ1v) is 6.07. The molecule has 3 N–H and O–H groups in total. The molecule has 0 amide bonds. The number of aliphatic imine (C=N–C) groups is 1. The highest BCUT2D eigenvalue weighted by Crippen LogP contribution is 2.16. The van der Waals surface area contributed by atoms with Gasteiger partial charge in [-0.05, 0) is 32.6 Å². The Morgan fingerprint density at radius 1 is 1.53 bits per heavy atom. The van der Waals surface area contributed by atoms with Gasteiger partial charge in [-0.1, -0.05) is 13.3 Å². The average Bonchev–Trinajstić information content (AvgIpc) is 2.26. The molecule has 1 aliphatic rings. The number of hydrogen-bond donors (Lipinski definition) is 2. The van der Waals surface area contributed by atoms with E-state index >= 15 is 0 Å². The number of hydrazine groups is 1. The molecular weight excluding hydrogens is 188 g/mol. The number of piperidine rings is 1. The first-order valence-electron chi connectivity index (χ1n) is 6.07. The highest BCUT2D eigenvalue weighted by atomic mass is 15.4. The quantitative estimate of drug-likeness (QED) is 0.245. The van der Waals surface area contributed by atoms with Gasteiger partial charge in [0.25, 0.3) is 0 Å². The van der Waals surface area contributed by atoms with E-state index in [1.165, 1.54) is 25.7 Å². The molecule has 1 heterocycles. The summed E-state index contributed by atoms with van der Waals surface area (Å²) in [5, 5.41) is 0. The van der Waals surface area contributed by atoms with Gasteiger partial charge in [0.2, 0.25) is 5.96 Å². The van der Waals surface area contributed by atoms with Crippen LogP contribution in [0.25, 0.3) is 0 Å². The molecule has 15 heavy (non-hydrogen) atoms. The normalized spacial score (nSPS) is 23.0. The summed E-state index contributed by atoms with van der Waals surface area (Å²) in [5.41, 5.74) is 2.74. The van der Waals surface area contributed by atoms with Crippen LogP contribution in [0.15, 0.2) is 4.99 Å². The van der Waals surface area contributed by atoms with Gasteiger partial charge in [0, 0.05) is 19.1 Å². The number of unbranched alkanes of at least 4 members (excludes halogenated alkanes) is 1. The van der Waals surface area contributed by atoms with Crippen molar-refractivity contribution < 1.29 is 0 Å². The molecule has 1 unspecified atom stereocenters. The van der Waals surface area contributed by atoms with Gasteiger partial charge in [0.05, 0.1) is 0 Å². The first-order chi connectivity index (χ1) is 7.29.